The molecule has 0 atom stereocenters. The molecule has 0 N–H and O–H groups in total. The molecule has 26 heavy (non-hydrogen) atoms. The highest BCUT2D eigenvalue weighted by Crippen LogP contribution is 2.32. The van der Waals surface area contributed by atoms with Crippen molar-refractivity contribution in [1.82, 2.24) is 4.90 Å². The van der Waals surface area contributed by atoms with Gasteiger partial charge in [-0.3, -0.25) is 15.0 Å². The van der Waals surface area contributed by atoms with E-state index in [0.717, 1.165) is 36.3 Å². The summed E-state index contributed by atoms with van der Waals surface area (Å²) in [5.74, 6) is 0. The second kappa shape index (κ2) is 7.51. The number of sulfone groups is 1. The van der Waals surface area contributed by atoms with Gasteiger partial charge in [0.2, 0.25) is 0 Å². The van der Waals surface area contributed by atoms with Crippen LogP contribution in [0.2, 0.25) is 4.34 Å². The Bertz CT molecular complexity index is 921. The van der Waals surface area contributed by atoms with Gasteiger partial charge >= 0.3 is 0 Å². The quantitative estimate of drug-likeness (QED) is 0.551. The summed E-state index contributed by atoms with van der Waals surface area (Å²) >= 11 is 7.51. The normalized spacial score (nSPS) is 16.0. The molecule has 3 rings (SSSR count). The van der Waals surface area contributed by atoms with Crippen LogP contribution in [0.1, 0.15) is 4.88 Å². The van der Waals surface area contributed by atoms with E-state index >= 15 is 0 Å². The molecule has 0 spiro atoms. The molecule has 0 bridgehead atoms. The fourth-order valence-corrected chi connectivity index (χ4v) is 4.72. The van der Waals surface area contributed by atoms with Gasteiger partial charge in [0.05, 0.1) is 14.2 Å². The van der Waals surface area contributed by atoms with E-state index in [4.69, 9.17) is 11.6 Å². The number of anilines is 1. The number of nitro groups is 1. The summed E-state index contributed by atoms with van der Waals surface area (Å²) in [6.45, 7) is 3.61. The van der Waals surface area contributed by atoms with Gasteiger partial charge in [0, 0.05) is 49.9 Å². The smallest absolute Gasteiger partial charge is 0.293 e. The fraction of sp³-hybridized carbons (Fsp3) is 0.375. The summed E-state index contributed by atoms with van der Waals surface area (Å²) < 4.78 is 24.1. The van der Waals surface area contributed by atoms with Crippen molar-refractivity contribution >= 4 is 44.1 Å². The Labute approximate surface area is 160 Å². The first-order valence-electron chi connectivity index (χ1n) is 7.94. The molecule has 0 amide bonds. The van der Waals surface area contributed by atoms with Gasteiger partial charge in [-0.05, 0) is 24.3 Å². The molecular weight excluding hydrogens is 398 g/mol. The number of nitro benzene ring substituents is 1. The van der Waals surface area contributed by atoms with Gasteiger partial charge in [-0.15, -0.1) is 11.3 Å². The van der Waals surface area contributed by atoms with Crippen LogP contribution in [-0.2, 0) is 16.4 Å². The molecule has 0 unspecified atom stereocenters. The minimum atomic E-state index is -3.49. The van der Waals surface area contributed by atoms with Gasteiger partial charge in [0.1, 0.15) is 5.69 Å². The first-order valence-corrected chi connectivity index (χ1v) is 11.0. The molecule has 2 heterocycles. The predicted octanol–water partition coefficient (Wildman–Crippen LogP) is 3.04. The maximum Gasteiger partial charge on any atom is 0.293 e. The first-order chi connectivity index (χ1) is 12.2. The van der Waals surface area contributed by atoms with Crippen LogP contribution in [0.5, 0.6) is 0 Å². The average Bonchev–Trinajstić information content (AvgIpc) is 2.99. The average molecular weight is 416 g/mol. The molecule has 0 saturated carbocycles. The molecule has 0 aliphatic carbocycles. The van der Waals surface area contributed by atoms with E-state index in [1.807, 2.05) is 17.0 Å². The van der Waals surface area contributed by atoms with Crippen molar-refractivity contribution < 1.29 is 13.3 Å². The van der Waals surface area contributed by atoms with Gasteiger partial charge in [-0.2, -0.15) is 0 Å². The molecule has 140 valence electrons. The van der Waals surface area contributed by atoms with Crippen molar-refractivity contribution in [2.45, 2.75) is 11.4 Å². The molecule has 1 aliphatic rings. The number of halogens is 1. The van der Waals surface area contributed by atoms with Crippen LogP contribution in [0.4, 0.5) is 11.4 Å². The minimum absolute atomic E-state index is 0.0406. The summed E-state index contributed by atoms with van der Waals surface area (Å²) in [7, 11) is -3.49. The van der Waals surface area contributed by atoms with Crippen molar-refractivity contribution in [3.05, 3.63) is 49.7 Å². The highest BCUT2D eigenvalue weighted by atomic mass is 35.5. The van der Waals surface area contributed by atoms with Gasteiger partial charge in [-0.1, -0.05) is 11.6 Å². The highest BCUT2D eigenvalue weighted by Gasteiger charge is 2.25. The summed E-state index contributed by atoms with van der Waals surface area (Å²) in [5, 5.41) is 11.4. The Morgan fingerprint density at radius 3 is 2.42 bits per heavy atom. The van der Waals surface area contributed by atoms with Crippen molar-refractivity contribution in [3.63, 3.8) is 0 Å². The number of piperazine rings is 1. The van der Waals surface area contributed by atoms with Crippen LogP contribution in [0.3, 0.4) is 0 Å². The highest BCUT2D eigenvalue weighted by molar-refractivity contribution is 7.90. The third kappa shape index (κ3) is 4.35. The van der Waals surface area contributed by atoms with E-state index in [9.17, 15) is 18.5 Å². The molecular formula is C16H18ClN3O4S2. The van der Waals surface area contributed by atoms with Crippen molar-refractivity contribution in [2.24, 2.45) is 0 Å². The Balaban J connectivity index is 1.73. The van der Waals surface area contributed by atoms with Gasteiger partial charge in [0.25, 0.3) is 5.69 Å². The number of hydrogen-bond donors (Lipinski definition) is 0. The Morgan fingerprint density at radius 1 is 1.19 bits per heavy atom. The van der Waals surface area contributed by atoms with Crippen LogP contribution >= 0.6 is 22.9 Å². The van der Waals surface area contributed by atoms with Crippen LogP contribution in [0, 0.1) is 10.1 Å². The van der Waals surface area contributed by atoms with E-state index in [1.54, 1.807) is 11.3 Å². The van der Waals surface area contributed by atoms with Gasteiger partial charge in [-0.25, -0.2) is 8.42 Å². The largest absolute Gasteiger partial charge is 0.363 e. The third-order valence-corrected chi connectivity index (χ3v) is 6.62. The zero-order valence-electron chi connectivity index (χ0n) is 14.1. The molecule has 2 aromatic rings. The van der Waals surface area contributed by atoms with E-state index in [2.05, 4.69) is 4.90 Å². The Hall–Kier alpha value is -1.68. The molecule has 0 radical (unpaired) electrons. The lowest BCUT2D eigenvalue weighted by Crippen LogP contribution is -2.46. The molecule has 7 nitrogen and oxygen atoms in total. The van der Waals surface area contributed by atoms with Crippen LogP contribution in [0.15, 0.2) is 35.2 Å². The van der Waals surface area contributed by atoms with Gasteiger partial charge < -0.3 is 4.90 Å². The Morgan fingerprint density at radius 2 is 1.88 bits per heavy atom. The van der Waals surface area contributed by atoms with E-state index < -0.39 is 14.8 Å². The van der Waals surface area contributed by atoms with Gasteiger partial charge in [0.15, 0.2) is 9.84 Å². The molecule has 1 aromatic heterocycles. The van der Waals surface area contributed by atoms with E-state index in [-0.39, 0.29) is 10.6 Å². The zero-order chi connectivity index (χ0) is 18.9. The van der Waals surface area contributed by atoms with Crippen molar-refractivity contribution in [2.75, 3.05) is 37.3 Å². The van der Waals surface area contributed by atoms with E-state index in [1.165, 1.54) is 17.0 Å². The summed E-state index contributed by atoms with van der Waals surface area (Å²) in [6.07, 6.45) is 1.04. The number of benzene rings is 1. The number of thiophene rings is 1. The van der Waals surface area contributed by atoms with Crippen LogP contribution in [0.25, 0.3) is 0 Å². The molecule has 1 fully saturated rings. The summed E-state index contributed by atoms with van der Waals surface area (Å²) in [4.78, 5) is 16.2. The topological polar surface area (TPSA) is 83.8 Å². The number of hydrogen-bond acceptors (Lipinski definition) is 7. The molecule has 1 aliphatic heterocycles. The molecule has 10 heteroatoms. The second-order valence-electron chi connectivity index (χ2n) is 6.15. The lowest BCUT2D eigenvalue weighted by atomic mass is 10.2. The van der Waals surface area contributed by atoms with Crippen LogP contribution in [-0.4, -0.2) is 50.7 Å². The Kier molecular flexibility index (Phi) is 5.52. The lowest BCUT2D eigenvalue weighted by Gasteiger charge is -2.35. The third-order valence-electron chi connectivity index (χ3n) is 4.29. The predicted molar refractivity (Wildman–Crippen MR) is 103 cm³/mol. The first kappa shape index (κ1) is 19.1. The van der Waals surface area contributed by atoms with Crippen molar-refractivity contribution in [1.29, 1.82) is 0 Å². The summed E-state index contributed by atoms with van der Waals surface area (Å²) in [5.41, 5.74) is 0.285. The molecule has 1 aromatic carbocycles. The fourth-order valence-electron chi connectivity index (χ4n) is 2.95. The van der Waals surface area contributed by atoms with Crippen molar-refractivity contribution in [3.8, 4) is 0 Å². The number of rotatable bonds is 5. The maximum absolute atomic E-state index is 11.7. The number of nitrogens with zero attached hydrogens (tertiary/aromatic N) is 3. The standard InChI is InChI=1S/C16H18ClN3O4S2/c1-26(23,24)13-3-4-14(15(10-13)20(21)22)19-8-6-18(7-9-19)11-12-2-5-16(17)25-12/h2-5,10H,6-9,11H2,1H3. The summed E-state index contributed by atoms with van der Waals surface area (Å²) in [6, 6.07) is 7.99. The van der Waals surface area contributed by atoms with E-state index in [0.29, 0.717) is 18.8 Å². The maximum atomic E-state index is 11.7. The van der Waals surface area contributed by atoms with Crippen LogP contribution < -0.4 is 4.90 Å². The second-order valence-corrected chi connectivity index (χ2v) is 9.96. The minimum Gasteiger partial charge on any atom is -0.363 e. The zero-order valence-corrected chi connectivity index (χ0v) is 16.5. The molecule has 1 saturated heterocycles. The SMILES string of the molecule is CS(=O)(=O)c1ccc(N2CCN(Cc3ccc(Cl)s3)CC2)c([N+](=O)[O-])c1. The monoisotopic (exact) mass is 415 g/mol. The lowest BCUT2D eigenvalue weighted by molar-refractivity contribution is -0.384.